The minimum Gasteiger partial charge on any atom is -0.351 e. The smallest absolute Gasteiger partial charge is 0.232 e. The van der Waals surface area contributed by atoms with Gasteiger partial charge in [0, 0.05) is 12.2 Å². The first-order valence-corrected chi connectivity index (χ1v) is 10.5. The minimum atomic E-state index is -3.30. The lowest BCUT2D eigenvalue weighted by Crippen LogP contribution is -2.49. The van der Waals surface area contributed by atoms with Crippen LogP contribution in [0, 0.1) is 0 Å². The van der Waals surface area contributed by atoms with Gasteiger partial charge in [0.1, 0.15) is 0 Å². The summed E-state index contributed by atoms with van der Waals surface area (Å²) in [6, 6.07) is 17.0. The Morgan fingerprint density at radius 1 is 1.04 bits per heavy atom. The van der Waals surface area contributed by atoms with E-state index in [4.69, 9.17) is 0 Å². The Balaban J connectivity index is 1.71. The van der Waals surface area contributed by atoms with Gasteiger partial charge in [0.25, 0.3) is 0 Å². The Hall–Kier alpha value is -2.34. The summed E-state index contributed by atoms with van der Waals surface area (Å²) in [4.78, 5) is 12.9. The molecule has 0 heterocycles. The van der Waals surface area contributed by atoms with E-state index in [1.807, 2.05) is 42.5 Å². The SMILES string of the molecule is CCS(=O)(=O)Nc1ccc(C2(C(=O)NCc3ccccc3)CCC2)cc1. The molecule has 26 heavy (non-hydrogen) atoms. The van der Waals surface area contributed by atoms with Crippen LogP contribution in [-0.2, 0) is 26.8 Å². The number of anilines is 1. The van der Waals surface area contributed by atoms with E-state index in [-0.39, 0.29) is 11.7 Å². The molecule has 3 rings (SSSR count). The van der Waals surface area contributed by atoms with Gasteiger partial charge in [-0.15, -0.1) is 0 Å². The lowest BCUT2D eigenvalue weighted by Gasteiger charge is -2.40. The van der Waals surface area contributed by atoms with Crippen LogP contribution in [0.15, 0.2) is 54.6 Å². The van der Waals surface area contributed by atoms with Crippen molar-refractivity contribution >= 4 is 21.6 Å². The second kappa shape index (κ2) is 7.50. The first kappa shape index (κ1) is 18.5. The van der Waals surface area contributed by atoms with Crippen LogP contribution in [0.4, 0.5) is 5.69 Å². The molecule has 0 aromatic heterocycles. The quantitative estimate of drug-likeness (QED) is 0.784. The highest BCUT2D eigenvalue weighted by Crippen LogP contribution is 2.44. The summed E-state index contributed by atoms with van der Waals surface area (Å²) in [6.07, 6.45) is 2.64. The van der Waals surface area contributed by atoms with Crippen molar-refractivity contribution in [1.82, 2.24) is 5.32 Å². The molecule has 1 aliphatic rings. The zero-order valence-electron chi connectivity index (χ0n) is 14.9. The van der Waals surface area contributed by atoms with Crippen LogP contribution >= 0.6 is 0 Å². The van der Waals surface area contributed by atoms with Crippen molar-refractivity contribution in [3.8, 4) is 0 Å². The molecule has 2 aromatic rings. The number of carbonyl (C=O) groups excluding carboxylic acids is 1. The number of benzene rings is 2. The molecule has 2 aromatic carbocycles. The molecule has 6 heteroatoms. The average molecular weight is 372 g/mol. The molecule has 1 amide bonds. The summed E-state index contributed by atoms with van der Waals surface area (Å²) in [5.41, 5.74) is 2.03. The monoisotopic (exact) mass is 372 g/mol. The zero-order valence-corrected chi connectivity index (χ0v) is 15.7. The second-order valence-corrected chi connectivity index (χ2v) is 8.70. The van der Waals surface area contributed by atoms with Crippen LogP contribution in [0.1, 0.15) is 37.3 Å². The highest BCUT2D eigenvalue weighted by molar-refractivity contribution is 7.92. The van der Waals surface area contributed by atoms with Crippen LogP contribution < -0.4 is 10.0 Å². The topological polar surface area (TPSA) is 75.3 Å². The van der Waals surface area contributed by atoms with Crippen molar-refractivity contribution in [2.75, 3.05) is 10.5 Å². The van der Waals surface area contributed by atoms with E-state index < -0.39 is 15.4 Å². The van der Waals surface area contributed by atoms with Crippen LogP contribution in [-0.4, -0.2) is 20.1 Å². The van der Waals surface area contributed by atoms with Crippen molar-refractivity contribution in [2.24, 2.45) is 0 Å². The Morgan fingerprint density at radius 3 is 2.23 bits per heavy atom. The third kappa shape index (κ3) is 3.90. The predicted octanol–water partition coefficient (Wildman–Crippen LogP) is 3.19. The number of hydrogen-bond donors (Lipinski definition) is 2. The van der Waals surface area contributed by atoms with Gasteiger partial charge < -0.3 is 5.32 Å². The van der Waals surface area contributed by atoms with Gasteiger partial charge in [0.15, 0.2) is 0 Å². The fraction of sp³-hybridized carbons (Fsp3) is 0.350. The molecule has 2 N–H and O–H groups in total. The molecule has 0 bridgehead atoms. The zero-order chi connectivity index (χ0) is 18.6. The Labute approximate surface area is 154 Å². The summed E-state index contributed by atoms with van der Waals surface area (Å²) >= 11 is 0. The molecule has 1 aliphatic carbocycles. The van der Waals surface area contributed by atoms with Crippen molar-refractivity contribution in [1.29, 1.82) is 0 Å². The standard InChI is InChI=1S/C20H24N2O3S/c1-2-26(24,25)22-18-11-9-17(10-12-18)20(13-6-14-20)19(23)21-15-16-7-4-3-5-8-16/h3-5,7-12,22H,2,6,13-15H2,1H3,(H,21,23). The van der Waals surface area contributed by atoms with E-state index in [0.717, 1.165) is 30.4 Å². The molecule has 0 aliphatic heterocycles. The number of hydrogen-bond acceptors (Lipinski definition) is 3. The summed E-state index contributed by atoms with van der Waals surface area (Å²) in [6.45, 7) is 2.10. The molecule has 0 spiro atoms. The minimum absolute atomic E-state index is 0.0284. The van der Waals surface area contributed by atoms with Gasteiger partial charge in [-0.2, -0.15) is 0 Å². The van der Waals surface area contributed by atoms with E-state index in [1.54, 1.807) is 19.1 Å². The summed E-state index contributed by atoms with van der Waals surface area (Å²) < 4.78 is 25.9. The lowest BCUT2D eigenvalue weighted by molar-refractivity contribution is -0.130. The number of carbonyl (C=O) groups is 1. The molecule has 138 valence electrons. The van der Waals surface area contributed by atoms with Crippen molar-refractivity contribution in [2.45, 2.75) is 38.1 Å². The molecule has 5 nitrogen and oxygen atoms in total. The van der Waals surface area contributed by atoms with Gasteiger partial charge in [0.2, 0.25) is 15.9 Å². The van der Waals surface area contributed by atoms with Crippen molar-refractivity contribution in [3.05, 3.63) is 65.7 Å². The van der Waals surface area contributed by atoms with Crippen molar-refractivity contribution in [3.63, 3.8) is 0 Å². The second-order valence-electron chi connectivity index (χ2n) is 6.69. The van der Waals surface area contributed by atoms with E-state index >= 15 is 0 Å². The van der Waals surface area contributed by atoms with Gasteiger partial charge in [0.05, 0.1) is 11.2 Å². The maximum absolute atomic E-state index is 12.9. The van der Waals surface area contributed by atoms with Crippen LogP contribution in [0.2, 0.25) is 0 Å². The average Bonchev–Trinajstić information content (AvgIpc) is 2.61. The molecule has 0 unspecified atom stereocenters. The summed E-state index contributed by atoms with van der Waals surface area (Å²) in [7, 11) is -3.30. The highest BCUT2D eigenvalue weighted by Gasteiger charge is 2.45. The van der Waals surface area contributed by atoms with Gasteiger partial charge in [-0.1, -0.05) is 48.9 Å². The molecule has 1 fully saturated rings. The number of sulfonamides is 1. The van der Waals surface area contributed by atoms with E-state index in [2.05, 4.69) is 10.0 Å². The fourth-order valence-electron chi connectivity index (χ4n) is 3.23. The van der Waals surface area contributed by atoms with E-state index in [1.165, 1.54) is 0 Å². The number of rotatable bonds is 7. The summed E-state index contributed by atoms with van der Waals surface area (Å²) in [5, 5.41) is 3.05. The highest BCUT2D eigenvalue weighted by atomic mass is 32.2. The molecular formula is C20H24N2O3S. The van der Waals surface area contributed by atoms with Crippen LogP contribution in [0.5, 0.6) is 0 Å². The third-order valence-corrected chi connectivity index (χ3v) is 6.34. The third-order valence-electron chi connectivity index (χ3n) is 5.03. The number of amides is 1. The van der Waals surface area contributed by atoms with Gasteiger partial charge >= 0.3 is 0 Å². The maximum atomic E-state index is 12.9. The lowest BCUT2D eigenvalue weighted by atomic mass is 9.63. The van der Waals surface area contributed by atoms with Crippen molar-refractivity contribution < 1.29 is 13.2 Å². The predicted molar refractivity (Wildman–Crippen MR) is 103 cm³/mol. The van der Waals surface area contributed by atoms with E-state index in [9.17, 15) is 13.2 Å². The number of nitrogens with one attached hydrogen (secondary N) is 2. The largest absolute Gasteiger partial charge is 0.351 e. The van der Waals surface area contributed by atoms with Crippen LogP contribution in [0.3, 0.4) is 0 Å². The Kier molecular flexibility index (Phi) is 5.32. The van der Waals surface area contributed by atoms with Crippen LogP contribution in [0.25, 0.3) is 0 Å². The van der Waals surface area contributed by atoms with E-state index in [0.29, 0.717) is 12.2 Å². The Morgan fingerprint density at radius 2 is 1.69 bits per heavy atom. The fourth-order valence-corrected chi connectivity index (χ4v) is 3.87. The molecule has 0 atom stereocenters. The molecule has 0 radical (unpaired) electrons. The molecule has 0 saturated heterocycles. The van der Waals surface area contributed by atoms with Gasteiger partial charge in [-0.25, -0.2) is 8.42 Å². The molecular weight excluding hydrogens is 348 g/mol. The first-order valence-electron chi connectivity index (χ1n) is 8.88. The maximum Gasteiger partial charge on any atom is 0.232 e. The summed E-state index contributed by atoms with van der Waals surface area (Å²) in [5.74, 6) is 0.0649. The van der Waals surface area contributed by atoms with Gasteiger partial charge in [-0.05, 0) is 43.0 Å². The van der Waals surface area contributed by atoms with Gasteiger partial charge in [-0.3, -0.25) is 9.52 Å². The Bertz CT molecular complexity index is 858. The first-order chi connectivity index (χ1) is 12.5. The molecule has 1 saturated carbocycles. The normalized spacial score (nSPS) is 15.7.